The van der Waals surface area contributed by atoms with E-state index in [-0.39, 0.29) is 11.4 Å². The number of benzene rings is 2. The molecule has 7 rings (SSSR count). The summed E-state index contributed by atoms with van der Waals surface area (Å²) < 4.78 is 3.76. The molecule has 1 saturated carbocycles. The summed E-state index contributed by atoms with van der Waals surface area (Å²) in [7, 11) is 1.82. The van der Waals surface area contributed by atoms with Gasteiger partial charge in [0.15, 0.2) is 17.7 Å². The zero-order valence-electron chi connectivity index (χ0n) is 25.1. The van der Waals surface area contributed by atoms with Crippen LogP contribution in [0.5, 0.6) is 0 Å². The van der Waals surface area contributed by atoms with Crippen molar-refractivity contribution in [1.82, 2.24) is 19.5 Å². The Labute approximate surface area is 256 Å². The van der Waals surface area contributed by atoms with Crippen LogP contribution in [0.4, 0.5) is 11.5 Å². The monoisotopic (exact) mass is 585 g/mol. The molecule has 5 aromatic rings. The summed E-state index contributed by atoms with van der Waals surface area (Å²) in [4.78, 5) is 28.6. The number of carbonyl (C=O) groups is 1. The Morgan fingerprint density at radius 1 is 1.02 bits per heavy atom. The second-order valence-corrected chi connectivity index (χ2v) is 12.1. The number of imidazole rings is 1. The molecule has 4 heterocycles. The molecule has 2 fully saturated rings. The Kier molecular flexibility index (Phi) is 6.97. The van der Waals surface area contributed by atoms with Gasteiger partial charge in [-0.25, -0.2) is 19.7 Å². The highest BCUT2D eigenvalue weighted by Crippen LogP contribution is 2.39. The summed E-state index contributed by atoms with van der Waals surface area (Å²) in [6.07, 6.45) is 7.92. The van der Waals surface area contributed by atoms with Crippen LogP contribution in [0.3, 0.4) is 0 Å². The zero-order chi connectivity index (χ0) is 30.4. The van der Waals surface area contributed by atoms with Gasteiger partial charge in [-0.3, -0.25) is 4.57 Å². The molecule has 1 aliphatic carbocycles. The summed E-state index contributed by atoms with van der Waals surface area (Å²) >= 11 is 0. The van der Waals surface area contributed by atoms with Gasteiger partial charge in [-0.1, -0.05) is 24.3 Å². The normalized spacial score (nSPS) is 18.0. The number of carbonyl (C=O) groups excluding carboxylic acids is 1. The predicted octanol–water partition coefficient (Wildman–Crippen LogP) is 5.16. The Morgan fingerprint density at radius 2 is 1.84 bits per heavy atom. The van der Waals surface area contributed by atoms with Crippen molar-refractivity contribution < 1.29 is 9.37 Å². The van der Waals surface area contributed by atoms with Crippen LogP contribution >= 0.6 is 0 Å². The topological polar surface area (TPSA) is 119 Å². The van der Waals surface area contributed by atoms with Crippen molar-refractivity contribution in [3.05, 3.63) is 84.6 Å². The number of nitrogens with two attached hydrogens (primary N) is 2. The Morgan fingerprint density at radius 3 is 2.57 bits per heavy atom. The van der Waals surface area contributed by atoms with Gasteiger partial charge in [-0.15, -0.1) is 0 Å². The minimum absolute atomic E-state index is 0.0538. The van der Waals surface area contributed by atoms with Gasteiger partial charge >= 0.3 is 5.91 Å². The fourth-order valence-electron chi connectivity index (χ4n) is 6.37. The number of anilines is 2. The van der Waals surface area contributed by atoms with Gasteiger partial charge in [-0.2, -0.15) is 4.58 Å². The van der Waals surface area contributed by atoms with Crippen LogP contribution in [0.2, 0.25) is 0 Å². The first kappa shape index (κ1) is 27.9. The molecule has 1 saturated heterocycles. The summed E-state index contributed by atoms with van der Waals surface area (Å²) in [6.45, 7) is 3.40. The molecule has 4 N–H and O–H groups in total. The first-order valence-corrected chi connectivity index (χ1v) is 15.2. The highest BCUT2D eigenvalue weighted by Gasteiger charge is 2.34. The number of nitrogens with zero attached hydrogens (tertiary/aromatic N) is 6. The average Bonchev–Trinajstić information content (AvgIpc) is 3.65. The van der Waals surface area contributed by atoms with E-state index in [9.17, 15) is 4.79 Å². The van der Waals surface area contributed by atoms with Gasteiger partial charge in [0.2, 0.25) is 0 Å². The third kappa shape index (κ3) is 5.03. The molecule has 9 heteroatoms. The maximum atomic E-state index is 11.7. The van der Waals surface area contributed by atoms with Crippen LogP contribution in [0, 0.1) is 5.92 Å². The number of amides is 1. The fraction of sp³-hybridized carbons (Fsp3) is 0.286. The highest BCUT2D eigenvalue weighted by molar-refractivity contribution is 5.85. The predicted molar refractivity (Wildman–Crippen MR) is 175 cm³/mol. The molecule has 2 aliphatic rings. The van der Waals surface area contributed by atoms with Crippen LogP contribution in [0.25, 0.3) is 39.5 Å². The first-order valence-electron chi connectivity index (χ1n) is 15.2. The van der Waals surface area contributed by atoms with Crippen molar-refractivity contribution in [3.8, 4) is 28.3 Å². The third-order valence-electron chi connectivity index (χ3n) is 9.19. The Bertz CT molecular complexity index is 1900. The second kappa shape index (κ2) is 11.0. The summed E-state index contributed by atoms with van der Waals surface area (Å²) in [5, 5.41) is 0. The highest BCUT2D eigenvalue weighted by atomic mass is 16.1. The van der Waals surface area contributed by atoms with Gasteiger partial charge < -0.3 is 16.4 Å². The molecule has 222 valence electrons. The van der Waals surface area contributed by atoms with Gasteiger partial charge in [0.05, 0.1) is 24.1 Å². The van der Waals surface area contributed by atoms with Crippen molar-refractivity contribution in [2.24, 2.45) is 11.7 Å². The van der Waals surface area contributed by atoms with Crippen molar-refractivity contribution >= 4 is 34.8 Å². The summed E-state index contributed by atoms with van der Waals surface area (Å²) in [5.41, 5.74) is 20.1. The number of nitrogen functional groups attached to an aromatic ring is 1. The van der Waals surface area contributed by atoms with E-state index in [2.05, 4.69) is 63.0 Å². The largest absolute Gasteiger partial charge is 0.383 e. The fourth-order valence-corrected chi connectivity index (χ4v) is 6.37. The lowest BCUT2D eigenvalue weighted by Gasteiger charge is -2.38. The molecule has 1 amide bonds. The molecule has 3 aromatic heterocycles. The van der Waals surface area contributed by atoms with Gasteiger partial charge in [0, 0.05) is 41.8 Å². The standard InChI is InChI=1S/C35H37N8O/c1-23(44)41(2)21-24-15-19-42(22-24)28-7-3-6-25(20-28)30-13-14-31-34(39-30)43(33(40-31)29-8-4-18-38-32(29)36)27-11-9-26(10-12-27)35(37)16-5-17-35/h3-4,6-14,18,20-21,24H,5,15-17,19,22,37H2,1-2H3,(H2,36,38)/q+1. The second-order valence-electron chi connectivity index (χ2n) is 12.1. The molecular formula is C35H37N8O+. The van der Waals surface area contributed by atoms with E-state index in [1.165, 1.54) is 0 Å². The van der Waals surface area contributed by atoms with E-state index in [1.54, 1.807) is 17.7 Å². The summed E-state index contributed by atoms with van der Waals surface area (Å²) in [5.74, 6) is 1.50. The van der Waals surface area contributed by atoms with Crippen LogP contribution in [0.15, 0.2) is 79.0 Å². The average molecular weight is 586 g/mol. The maximum Gasteiger partial charge on any atom is 0.383 e. The minimum atomic E-state index is -0.237. The Hall–Kier alpha value is -4.89. The van der Waals surface area contributed by atoms with Gasteiger partial charge in [0.25, 0.3) is 0 Å². The third-order valence-corrected chi connectivity index (χ3v) is 9.19. The van der Waals surface area contributed by atoms with Crippen molar-refractivity contribution in [2.45, 2.75) is 38.1 Å². The van der Waals surface area contributed by atoms with E-state index in [4.69, 9.17) is 21.4 Å². The van der Waals surface area contributed by atoms with Crippen molar-refractivity contribution in [1.29, 1.82) is 0 Å². The van der Waals surface area contributed by atoms with E-state index in [0.29, 0.717) is 17.6 Å². The van der Waals surface area contributed by atoms with Crippen molar-refractivity contribution in [3.63, 3.8) is 0 Å². The van der Waals surface area contributed by atoms with E-state index >= 15 is 0 Å². The number of hydrogen-bond acceptors (Lipinski definition) is 7. The van der Waals surface area contributed by atoms with E-state index < -0.39 is 0 Å². The molecular weight excluding hydrogens is 548 g/mol. The van der Waals surface area contributed by atoms with E-state index in [1.807, 2.05) is 37.5 Å². The van der Waals surface area contributed by atoms with Gasteiger partial charge in [-0.05, 0) is 79.8 Å². The zero-order valence-corrected chi connectivity index (χ0v) is 25.1. The molecule has 44 heavy (non-hydrogen) atoms. The SMILES string of the molecule is CC(=O)[N+](C)=CC1CCN(c2cccc(-c3ccc4nc(-c5cccnc5N)n(-c5ccc(C6(N)CCC6)cc5)c4n3)c2)C1. The quantitative estimate of drug-likeness (QED) is 0.209. The number of aromatic nitrogens is 4. The molecule has 1 atom stereocenters. The molecule has 9 nitrogen and oxygen atoms in total. The summed E-state index contributed by atoms with van der Waals surface area (Å²) in [6, 6.07) is 24.8. The van der Waals surface area contributed by atoms with E-state index in [0.717, 1.165) is 83.7 Å². The molecule has 1 aliphatic heterocycles. The van der Waals surface area contributed by atoms with Crippen LogP contribution in [0.1, 0.15) is 38.2 Å². The lowest BCUT2D eigenvalue weighted by Crippen LogP contribution is -2.43. The maximum absolute atomic E-state index is 11.7. The molecule has 0 spiro atoms. The molecule has 0 radical (unpaired) electrons. The first-order chi connectivity index (χ1) is 21.3. The smallest absolute Gasteiger partial charge is 0.383 e. The van der Waals surface area contributed by atoms with Crippen molar-refractivity contribution in [2.75, 3.05) is 30.8 Å². The van der Waals surface area contributed by atoms with Crippen LogP contribution < -0.4 is 16.4 Å². The lowest BCUT2D eigenvalue weighted by molar-refractivity contribution is -0.414. The lowest BCUT2D eigenvalue weighted by atomic mass is 9.73. The van der Waals surface area contributed by atoms with Crippen LogP contribution in [-0.2, 0) is 10.3 Å². The minimum Gasteiger partial charge on any atom is -0.383 e. The van der Waals surface area contributed by atoms with Crippen LogP contribution in [-0.4, -0.2) is 56.4 Å². The molecule has 0 bridgehead atoms. The molecule has 1 unspecified atom stereocenters. The van der Waals surface area contributed by atoms with Gasteiger partial charge in [0.1, 0.15) is 18.4 Å². The Balaban J connectivity index is 1.28. The number of pyridine rings is 2. The molecule has 2 aromatic carbocycles. The number of rotatable bonds is 6. The number of fused-ring (bicyclic) bond motifs is 1. The number of hydrogen-bond donors (Lipinski definition) is 2.